The summed E-state index contributed by atoms with van der Waals surface area (Å²) in [6.07, 6.45) is 7.72. The molecule has 1 atom stereocenters. The number of amides is 2. The van der Waals surface area contributed by atoms with Crippen molar-refractivity contribution in [2.24, 2.45) is 5.92 Å². The van der Waals surface area contributed by atoms with Gasteiger partial charge in [-0.1, -0.05) is 36.1 Å². The number of hydrogen-bond donors (Lipinski definition) is 4. The van der Waals surface area contributed by atoms with Crippen molar-refractivity contribution >= 4 is 35.2 Å². The van der Waals surface area contributed by atoms with Gasteiger partial charge in [0.2, 0.25) is 0 Å². The fraction of sp³-hybridized carbons (Fsp3) is 0.444. The number of allylic oxidation sites excluding steroid dienone is 3. The molecule has 44 heavy (non-hydrogen) atoms. The van der Waals surface area contributed by atoms with E-state index in [1.807, 2.05) is 90.1 Å². The fourth-order valence-corrected chi connectivity index (χ4v) is 5.44. The van der Waals surface area contributed by atoms with Crippen LogP contribution < -0.4 is 16.0 Å². The third-order valence-corrected chi connectivity index (χ3v) is 8.14. The van der Waals surface area contributed by atoms with Gasteiger partial charge in [-0.05, 0) is 109 Å². The Bertz CT molecular complexity index is 1470. The third kappa shape index (κ3) is 9.17. The number of thiol groups is 1. The number of piperidine rings is 1. The summed E-state index contributed by atoms with van der Waals surface area (Å²) in [5.41, 5.74) is 4.69. The Labute approximate surface area is 268 Å². The van der Waals surface area contributed by atoms with E-state index in [2.05, 4.69) is 33.9 Å². The van der Waals surface area contributed by atoms with Crippen LogP contribution in [-0.2, 0) is 4.74 Å². The zero-order valence-electron chi connectivity index (χ0n) is 26.8. The predicted molar refractivity (Wildman–Crippen MR) is 183 cm³/mol. The topological polar surface area (TPSA) is 82.7 Å². The summed E-state index contributed by atoms with van der Waals surface area (Å²) in [6.45, 7) is 14.6. The Balaban J connectivity index is 1.44. The molecule has 0 spiro atoms. The van der Waals surface area contributed by atoms with E-state index in [-0.39, 0.29) is 24.1 Å². The summed E-state index contributed by atoms with van der Waals surface area (Å²) < 4.78 is 5.45. The first kappa shape index (κ1) is 33.2. The van der Waals surface area contributed by atoms with Crippen LogP contribution in [0.25, 0.3) is 4.91 Å². The Morgan fingerprint density at radius 1 is 1.11 bits per heavy atom. The zero-order valence-corrected chi connectivity index (χ0v) is 27.7. The molecule has 0 aliphatic carbocycles. The van der Waals surface area contributed by atoms with Crippen LogP contribution in [0.5, 0.6) is 0 Å². The predicted octanol–water partition coefficient (Wildman–Crippen LogP) is 6.72. The van der Waals surface area contributed by atoms with E-state index in [1.54, 1.807) is 4.90 Å². The van der Waals surface area contributed by atoms with E-state index in [0.717, 1.165) is 58.8 Å². The molecule has 0 bridgehead atoms. The van der Waals surface area contributed by atoms with Crippen molar-refractivity contribution in [1.29, 1.82) is 0 Å². The van der Waals surface area contributed by atoms with Crippen LogP contribution in [0.3, 0.4) is 0 Å². The molecule has 2 saturated heterocycles. The van der Waals surface area contributed by atoms with Crippen LogP contribution in [-0.4, -0.2) is 54.7 Å². The summed E-state index contributed by atoms with van der Waals surface area (Å²) >= 11 is 4.79. The number of aryl methyl sites for hydroxylation is 1. The van der Waals surface area contributed by atoms with E-state index < -0.39 is 5.60 Å². The number of hydrogen-bond acceptors (Lipinski definition) is 6. The van der Waals surface area contributed by atoms with E-state index in [9.17, 15) is 9.59 Å². The van der Waals surface area contributed by atoms with Gasteiger partial charge in [0.25, 0.3) is 5.91 Å². The van der Waals surface area contributed by atoms with Crippen LogP contribution in [0.1, 0.15) is 86.1 Å². The molecule has 2 aromatic rings. The number of rotatable bonds is 7. The van der Waals surface area contributed by atoms with Crippen molar-refractivity contribution < 1.29 is 14.3 Å². The average molecular weight is 615 g/mol. The van der Waals surface area contributed by atoms with Crippen LogP contribution in [0, 0.1) is 24.7 Å². The largest absolute Gasteiger partial charge is 0.444 e. The molecule has 0 radical (unpaired) electrons. The normalized spacial score (nSPS) is 17.0. The highest BCUT2D eigenvalue weighted by molar-refractivity contribution is 7.90. The van der Waals surface area contributed by atoms with Gasteiger partial charge >= 0.3 is 6.09 Å². The van der Waals surface area contributed by atoms with Gasteiger partial charge in [0, 0.05) is 46.3 Å². The zero-order chi connectivity index (χ0) is 31.9. The molecule has 3 N–H and O–H groups in total. The molecule has 234 valence electrons. The molecule has 2 aliphatic rings. The molecule has 2 aromatic carbocycles. The maximum atomic E-state index is 13.5. The smallest absolute Gasteiger partial charge is 0.410 e. The van der Waals surface area contributed by atoms with E-state index in [4.69, 9.17) is 17.4 Å². The van der Waals surface area contributed by atoms with Crippen molar-refractivity contribution in [3.8, 4) is 11.8 Å². The number of anilines is 1. The van der Waals surface area contributed by atoms with E-state index >= 15 is 0 Å². The quantitative estimate of drug-likeness (QED) is 0.158. The first-order chi connectivity index (χ1) is 20.9. The minimum atomic E-state index is -0.519. The van der Waals surface area contributed by atoms with Gasteiger partial charge in [-0.15, -0.1) is 12.6 Å². The molecule has 2 heterocycles. The van der Waals surface area contributed by atoms with Crippen LogP contribution >= 0.6 is 12.6 Å². The Hall–Kier alpha value is -3.67. The molecule has 8 heteroatoms. The van der Waals surface area contributed by atoms with E-state index in [0.29, 0.717) is 24.6 Å². The molecule has 2 amide bonds. The van der Waals surface area contributed by atoms with Gasteiger partial charge < -0.3 is 25.6 Å². The van der Waals surface area contributed by atoms with Crippen molar-refractivity contribution in [2.45, 2.75) is 72.1 Å². The molecule has 0 unspecified atom stereocenters. The maximum Gasteiger partial charge on any atom is 0.410 e. The highest BCUT2D eigenvalue weighted by Crippen LogP contribution is 2.27. The number of nitrogens with one attached hydrogen (secondary N) is 3. The lowest BCUT2D eigenvalue weighted by Gasteiger charge is -2.40. The lowest BCUT2D eigenvalue weighted by atomic mass is 9.96. The van der Waals surface area contributed by atoms with Gasteiger partial charge in [-0.25, -0.2) is 4.79 Å². The first-order valence-electron chi connectivity index (χ1n) is 15.5. The monoisotopic (exact) mass is 614 g/mol. The molecule has 0 aromatic heterocycles. The van der Waals surface area contributed by atoms with Gasteiger partial charge in [-0.3, -0.25) is 4.79 Å². The van der Waals surface area contributed by atoms with Gasteiger partial charge in [0.15, 0.2) is 0 Å². The molecule has 2 fully saturated rings. The summed E-state index contributed by atoms with van der Waals surface area (Å²) in [6, 6.07) is 11.8. The second kappa shape index (κ2) is 14.9. The Morgan fingerprint density at radius 3 is 2.52 bits per heavy atom. The molecular weight excluding hydrogens is 568 g/mol. The number of carbonyl (C=O) groups excluding carboxylic acids is 2. The van der Waals surface area contributed by atoms with Gasteiger partial charge in [0.1, 0.15) is 5.60 Å². The standard InChI is InChI=1S/C36H46N4O3S/c1-7-8-9-33(44)32-20-28(14-13-27(32)12-11-26-16-18-37-19-17-26)25(3)38-34(41)31-21-29(15-10-24(31)2)39-30-22-40(23-30)35(42)43-36(4,5)6/h7-10,13-15,20-21,25-26,30,37,39,44H,16-19,22-23H2,1-6H3,(H,38,41)/b8-7-,33-9-/t25-/m1/s1. The lowest BCUT2D eigenvalue weighted by molar-refractivity contribution is 0.0105. The minimum absolute atomic E-state index is 0.0981. The maximum absolute atomic E-state index is 13.5. The summed E-state index contributed by atoms with van der Waals surface area (Å²) in [5, 5.41) is 10.0. The van der Waals surface area contributed by atoms with Gasteiger partial charge in [0.05, 0.1) is 12.1 Å². The highest BCUT2D eigenvalue weighted by atomic mass is 32.1. The molecular formula is C36H46N4O3S. The van der Waals surface area contributed by atoms with Crippen molar-refractivity contribution in [1.82, 2.24) is 15.5 Å². The summed E-state index contributed by atoms with van der Waals surface area (Å²) in [4.78, 5) is 28.3. The average Bonchev–Trinajstić information content (AvgIpc) is 2.96. The van der Waals surface area contributed by atoms with Crippen LogP contribution in [0.4, 0.5) is 10.5 Å². The van der Waals surface area contributed by atoms with Crippen molar-refractivity contribution in [3.63, 3.8) is 0 Å². The number of carbonyl (C=O) groups is 2. The number of nitrogens with zero attached hydrogens (tertiary/aromatic N) is 1. The minimum Gasteiger partial charge on any atom is -0.444 e. The van der Waals surface area contributed by atoms with Crippen molar-refractivity contribution in [3.05, 3.63) is 82.4 Å². The third-order valence-electron chi connectivity index (χ3n) is 7.75. The highest BCUT2D eigenvalue weighted by Gasteiger charge is 2.33. The van der Waals surface area contributed by atoms with Crippen molar-refractivity contribution in [2.75, 3.05) is 31.5 Å². The lowest BCUT2D eigenvalue weighted by Crippen LogP contribution is -2.57. The summed E-state index contributed by atoms with van der Waals surface area (Å²) in [5.74, 6) is 7.14. The molecule has 2 aliphatic heterocycles. The second-order valence-electron chi connectivity index (χ2n) is 12.6. The molecule has 0 saturated carbocycles. The van der Waals surface area contributed by atoms with Crippen LogP contribution in [0.15, 0.2) is 54.6 Å². The Morgan fingerprint density at radius 2 is 1.84 bits per heavy atom. The number of likely N-dealkylation sites (tertiary alicyclic amines) is 1. The Kier molecular flexibility index (Phi) is 11.2. The fourth-order valence-electron chi connectivity index (χ4n) is 5.17. The van der Waals surface area contributed by atoms with E-state index in [1.165, 1.54) is 0 Å². The number of ether oxygens (including phenoxy) is 1. The molecule has 4 rings (SSSR count). The molecule has 7 nitrogen and oxygen atoms in total. The second-order valence-corrected chi connectivity index (χ2v) is 13.1. The summed E-state index contributed by atoms with van der Waals surface area (Å²) in [7, 11) is 0. The van der Waals surface area contributed by atoms with Crippen LogP contribution in [0.2, 0.25) is 0 Å². The van der Waals surface area contributed by atoms with Gasteiger partial charge in [-0.2, -0.15) is 0 Å². The number of benzene rings is 2. The SMILES string of the molecule is C/C=C\C=C(/S)c1cc([C@@H](C)NC(=O)c2cc(NC3CN(C(=O)OC(C)(C)C)C3)ccc2C)ccc1C#CC1CCNCC1. The first-order valence-corrected chi connectivity index (χ1v) is 15.9.